The molecule has 5 heteroatoms. The molecular weight excluding hydrogens is 324 g/mol. The molecule has 1 aromatic carbocycles. The quantitative estimate of drug-likeness (QED) is 0.780. The first kappa shape index (κ1) is 16.6. The van der Waals surface area contributed by atoms with Crippen LogP contribution >= 0.6 is 0 Å². The summed E-state index contributed by atoms with van der Waals surface area (Å²) in [4.78, 5) is 19.3. The van der Waals surface area contributed by atoms with Gasteiger partial charge in [-0.2, -0.15) is 0 Å². The predicted molar refractivity (Wildman–Crippen MR) is 105 cm³/mol. The average Bonchev–Trinajstić information content (AvgIpc) is 3.07. The molecule has 134 valence electrons. The smallest absolute Gasteiger partial charge is 0.230 e. The summed E-state index contributed by atoms with van der Waals surface area (Å²) in [7, 11) is 0. The number of rotatable bonds is 4. The number of imidazole rings is 1. The Kier molecular flexibility index (Phi) is 4.61. The number of nitrogens with zero attached hydrogens (tertiary/aromatic N) is 3. The lowest BCUT2D eigenvalue weighted by Gasteiger charge is -2.28. The van der Waals surface area contributed by atoms with Crippen molar-refractivity contribution in [1.82, 2.24) is 9.38 Å². The number of aryl methyl sites for hydroxylation is 1. The van der Waals surface area contributed by atoms with E-state index in [4.69, 9.17) is 0 Å². The van der Waals surface area contributed by atoms with Crippen molar-refractivity contribution in [3.63, 3.8) is 0 Å². The summed E-state index contributed by atoms with van der Waals surface area (Å²) in [5, 5.41) is 2.97. The number of fused-ring (bicyclic) bond motifs is 1. The number of carbonyl (C=O) groups is 1. The molecule has 1 fully saturated rings. The van der Waals surface area contributed by atoms with Crippen LogP contribution in [0, 0.1) is 6.92 Å². The van der Waals surface area contributed by atoms with Crippen molar-refractivity contribution < 1.29 is 4.79 Å². The second-order valence-electron chi connectivity index (χ2n) is 6.97. The van der Waals surface area contributed by atoms with Crippen LogP contribution in [0.4, 0.5) is 11.4 Å². The highest BCUT2D eigenvalue weighted by molar-refractivity contribution is 5.92. The predicted octanol–water partition coefficient (Wildman–Crippen LogP) is 3.81. The van der Waals surface area contributed by atoms with Crippen LogP contribution in [0.3, 0.4) is 0 Å². The molecule has 0 atom stereocenters. The fraction of sp³-hybridized carbons (Fsp3) is 0.333. The standard InChI is InChI=1S/C21H24N4O/c1-16-6-5-13-25-15-18(23-21(16)25)14-20(26)22-17-7-9-19(10-8-17)24-11-3-2-4-12-24/h5-10,13,15H,2-4,11-12,14H2,1H3,(H,22,26). The first-order valence-corrected chi connectivity index (χ1v) is 9.27. The molecule has 0 unspecified atom stereocenters. The molecule has 1 N–H and O–H groups in total. The van der Waals surface area contributed by atoms with E-state index >= 15 is 0 Å². The zero-order valence-corrected chi connectivity index (χ0v) is 15.1. The van der Waals surface area contributed by atoms with Crippen LogP contribution in [-0.2, 0) is 11.2 Å². The zero-order chi connectivity index (χ0) is 17.9. The topological polar surface area (TPSA) is 49.6 Å². The number of carbonyl (C=O) groups excluding carboxylic acids is 1. The van der Waals surface area contributed by atoms with Gasteiger partial charge in [-0.1, -0.05) is 6.07 Å². The first-order chi connectivity index (χ1) is 12.7. The maximum atomic E-state index is 12.4. The highest BCUT2D eigenvalue weighted by Gasteiger charge is 2.12. The molecule has 1 aliphatic rings. The van der Waals surface area contributed by atoms with Crippen LogP contribution < -0.4 is 10.2 Å². The van der Waals surface area contributed by atoms with Crippen molar-refractivity contribution >= 4 is 22.9 Å². The molecule has 0 radical (unpaired) electrons. The lowest BCUT2D eigenvalue weighted by Crippen LogP contribution is -2.29. The van der Waals surface area contributed by atoms with Gasteiger partial charge in [0.25, 0.3) is 0 Å². The number of hydrogen-bond donors (Lipinski definition) is 1. The molecule has 3 heterocycles. The van der Waals surface area contributed by atoms with Crippen molar-refractivity contribution in [3.05, 3.63) is 60.0 Å². The molecule has 2 aromatic heterocycles. The van der Waals surface area contributed by atoms with E-state index in [1.54, 1.807) is 0 Å². The molecule has 5 nitrogen and oxygen atoms in total. The average molecular weight is 348 g/mol. The summed E-state index contributed by atoms with van der Waals surface area (Å²) in [6, 6.07) is 12.2. The lowest BCUT2D eigenvalue weighted by molar-refractivity contribution is -0.115. The molecule has 26 heavy (non-hydrogen) atoms. The Labute approximate surface area is 153 Å². The summed E-state index contributed by atoms with van der Waals surface area (Å²) in [6.07, 6.45) is 7.99. The Balaban J connectivity index is 1.40. The van der Waals surface area contributed by atoms with Crippen molar-refractivity contribution in [2.75, 3.05) is 23.3 Å². The molecular formula is C21H24N4O. The van der Waals surface area contributed by atoms with Gasteiger partial charge in [0.2, 0.25) is 5.91 Å². The van der Waals surface area contributed by atoms with Gasteiger partial charge in [0, 0.05) is 36.9 Å². The molecule has 1 saturated heterocycles. The van der Waals surface area contributed by atoms with E-state index in [0.29, 0.717) is 0 Å². The van der Waals surface area contributed by atoms with E-state index in [1.165, 1.54) is 24.9 Å². The third-order valence-corrected chi connectivity index (χ3v) is 4.94. The molecule has 1 amide bonds. The van der Waals surface area contributed by atoms with Crippen molar-refractivity contribution in [3.8, 4) is 0 Å². The summed E-state index contributed by atoms with van der Waals surface area (Å²) in [6.45, 7) is 4.27. The van der Waals surface area contributed by atoms with Gasteiger partial charge in [0.15, 0.2) is 0 Å². The van der Waals surface area contributed by atoms with E-state index < -0.39 is 0 Å². The maximum absolute atomic E-state index is 12.4. The van der Waals surface area contributed by atoms with Gasteiger partial charge >= 0.3 is 0 Å². The SMILES string of the molecule is Cc1cccn2cc(CC(=O)Nc3ccc(N4CCCCC4)cc3)nc12. The summed E-state index contributed by atoms with van der Waals surface area (Å²) < 4.78 is 1.96. The lowest BCUT2D eigenvalue weighted by atomic mass is 10.1. The monoisotopic (exact) mass is 348 g/mol. The van der Waals surface area contributed by atoms with Crippen LogP contribution in [0.1, 0.15) is 30.5 Å². The Morgan fingerprint density at radius 3 is 2.62 bits per heavy atom. The Bertz CT molecular complexity index is 907. The van der Waals surface area contributed by atoms with Crippen LogP contribution in [0.2, 0.25) is 0 Å². The Morgan fingerprint density at radius 2 is 1.88 bits per heavy atom. The molecule has 0 saturated carbocycles. The highest BCUT2D eigenvalue weighted by atomic mass is 16.1. The number of piperidine rings is 1. The fourth-order valence-electron chi connectivity index (χ4n) is 3.57. The second-order valence-corrected chi connectivity index (χ2v) is 6.97. The number of anilines is 2. The fourth-order valence-corrected chi connectivity index (χ4v) is 3.57. The van der Waals surface area contributed by atoms with Gasteiger partial charge in [-0.05, 0) is 62.1 Å². The van der Waals surface area contributed by atoms with E-state index in [2.05, 4.69) is 27.3 Å². The van der Waals surface area contributed by atoms with Crippen LogP contribution in [0.15, 0.2) is 48.8 Å². The van der Waals surface area contributed by atoms with Crippen molar-refractivity contribution in [2.24, 2.45) is 0 Å². The number of hydrogen-bond acceptors (Lipinski definition) is 3. The normalized spacial score (nSPS) is 14.6. The van der Waals surface area contributed by atoms with Crippen LogP contribution in [0.5, 0.6) is 0 Å². The van der Waals surface area contributed by atoms with E-state index in [0.717, 1.165) is 35.7 Å². The molecule has 1 aliphatic heterocycles. The number of aromatic nitrogens is 2. The van der Waals surface area contributed by atoms with E-state index in [-0.39, 0.29) is 12.3 Å². The van der Waals surface area contributed by atoms with Crippen LogP contribution in [-0.4, -0.2) is 28.4 Å². The zero-order valence-electron chi connectivity index (χ0n) is 15.1. The minimum atomic E-state index is -0.0446. The van der Waals surface area contributed by atoms with Crippen molar-refractivity contribution in [1.29, 1.82) is 0 Å². The molecule has 0 aliphatic carbocycles. The third kappa shape index (κ3) is 3.57. The number of benzene rings is 1. The van der Waals surface area contributed by atoms with Crippen molar-refractivity contribution in [2.45, 2.75) is 32.6 Å². The van der Waals surface area contributed by atoms with Gasteiger partial charge in [-0.15, -0.1) is 0 Å². The molecule has 4 rings (SSSR count). The largest absolute Gasteiger partial charge is 0.372 e. The Hall–Kier alpha value is -2.82. The van der Waals surface area contributed by atoms with Gasteiger partial charge in [0.05, 0.1) is 12.1 Å². The van der Waals surface area contributed by atoms with Gasteiger partial charge < -0.3 is 14.6 Å². The molecule has 0 spiro atoms. The maximum Gasteiger partial charge on any atom is 0.230 e. The summed E-state index contributed by atoms with van der Waals surface area (Å²) in [5.74, 6) is -0.0446. The number of nitrogens with one attached hydrogen (secondary N) is 1. The summed E-state index contributed by atoms with van der Waals surface area (Å²) in [5.41, 5.74) is 4.85. The van der Waals surface area contributed by atoms with E-state index in [9.17, 15) is 4.79 Å². The van der Waals surface area contributed by atoms with Crippen LogP contribution in [0.25, 0.3) is 5.65 Å². The number of pyridine rings is 1. The minimum absolute atomic E-state index is 0.0446. The minimum Gasteiger partial charge on any atom is -0.372 e. The third-order valence-electron chi connectivity index (χ3n) is 4.94. The molecule has 0 bridgehead atoms. The Morgan fingerprint density at radius 1 is 1.12 bits per heavy atom. The van der Waals surface area contributed by atoms with E-state index in [1.807, 2.05) is 48.0 Å². The van der Waals surface area contributed by atoms with Gasteiger partial charge in [-0.3, -0.25) is 4.79 Å². The molecule has 3 aromatic rings. The van der Waals surface area contributed by atoms with Gasteiger partial charge in [-0.25, -0.2) is 4.98 Å². The first-order valence-electron chi connectivity index (χ1n) is 9.27. The second kappa shape index (κ2) is 7.20. The highest BCUT2D eigenvalue weighted by Crippen LogP contribution is 2.22. The van der Waals surface area contributed by atoms with Gasteiger partial charge in [0.1, 0.15) is 5.65 Å². The summed E-state index contributed by atoms with van der Waals surface area (Å²) >= 11 is 0. The number of amides is 1.